The van der Waals surface area contributed by atoms with Crippen molar-refractivity contribution in [3.8, 4) is 16.9 Å². The number of phenolic OH excluding ortho intramolecular Hbond substituents is 1. The average molecular weight is 349 g/mol. The van der Waals surface area contributed by atoms with Gasteiger partial charge in [0, 0.05) is 39.3 Å². The lowest BCUT2D eigenvalue weighted by atomic mass is 10.0. The van der Waals surface area contributed by atoms with Gasteiger partial charge in [0.1, 0.15) is 11.6 Å². The Labute approximate surface area is 152 Å². The molecule has 0 aliphatic carbocycles. The number of benzene rings is 2. The van der Waals surface area contributed by atoms with Crippen molar-refractivity contribution in [3.05, 3.63) is 48.7 Å². The SMILES string of the molecule is NCCN1CCN(c2cnc3ccc(-c4ccc(O)cc4)cc3n2)CC1. The lowest BCUT2D eigenvalue weighted by Gasteiger charge is -2.35. The molecule has 0 unspecified atom stereocenters. The summed E-state index contributed by atoms with van der Waals surface area (Å²) < 4.78 is 0. The molecule has 0 spiro atoms. The van der Waals surface area contributed by atoms with Gasteiger partial charge in [-0.3, -0.25) is 9.88 Å². The Morgan fingerprint density at radius 3 is 2.38 bits per heavy atom. The number of anilines is 1. The van der Waals surface area contributed by atoms with Crippen LogP contribution in [0.1, 0.15) is 0 Å². The lowest BCUT2D eigenvalue weighted by Crippen LogP contribution is -2.48. The Morgan fingerprint density at radius 1 is 0.923 bits per heavy atom. The van der Waals surface area contributed by atoms with Gasteiger partial charge in [0.25, 0.3) is 0 Å². The topological polar surface area (TPSA) is 78.5 Å². The molecule has 134 valence electrons. The third kappa shape index (κ3) is 3.47. The van der Waals surface area contributed by atoms with E-state index in [9.17, 15) is 5.11 Å². The molecule has 0 amide bonds. The van der Waals surface area contributed by atoms with Gasteiger partial charge in [-0.2, -0.15) is 0 Å². The number of hydrogen-bond acceptors (Lipinski definition) is 6. The fraction of sp³-hybridized carbons (Fsp3) is 0.300. The molecule has 26 heavy (non-hydrogen) atoms. The van der Waals surface area contributed by atoms with Crippen LogP contribution >= 0.6 is 0 Å². The first kappa shape index (κ1) is 16.8. The van der Waals surface area contributed by atoms with Crippen molar-refractivity contribution in [1.29, 1.82) is 0 Å². The predicted octanol–water partition coefficient (Wildman–Crippen LogP) is 2.08. The van der Waals surface area contributed by atoms with E-state index in [0.717, 1.165) is 60.7 Å². The summed E-state index contributed by atoms with van der Waals surface area (Å²) in [6.07, 6.45) is 1.86. The van der Waals surface area contributed by atoms with Crippen LogP contribution in [-0.2, 0) is 0 Å². The van der Waals surface area contributed by atoms with E-state index in [1.807, 2.05) is 30.5 Å². The Kier molecular flexibility index (Phi) is 4.69. The molecule has 3 N–H and O–H groups in total. The molecular formula is C20H23N5O. The minimum absolute atomic E-state index is 0.269. The van der Waals surface area contributed by atoms with Crippen LogP contribution in [0.2, 0.25) is 0 Å². The van der Waals surface area contributed by atoms with Crippen LogP contribution in [0.15, 0.2) is 48.7 Å². The number of piperazine rings is 1. The predicted molar refractivity (Wildman–Crippen MR) is 104 cm³/mol. The monoisotopic (exact) mass is 349 g/mol. The minimum atomic E-state index is 0.269. The fourth-order valence-corrected chi connectivity index (χ4v) is 3.37. The maximum absolute atomic E-state index is 9.47. The lowest BCUT2D eigenvalue weighted by molar-refractivity contribution is 0.264. The molecule has 4 rings (SSSR count). The molecule has 6 nitrogen and oxygen atoms in total. The quantitative estimate of drug-likeness (QED) is 0.751. The average Bonchev–Trinajstić information content (AvgIpc) is 2.68. The van der Waals surface area contributed by atoms with E-state index in [0.29, 0.717) is 6.54 Å². The summed E-state index contributed by atoms with van der Waals surface area (Å²) in [6, 6.07) is 13.3. The van der Waals surface area contributed by atoms with Gasteiger partial charge >= 0.3 is 0 Å². The van der Waals surface area contributed by atoms with Crippen molar-refractivity contribution in [3.63, 3.8) is 0 Å². The van der Waals surface area contributed by atoms with Crippen LogP contribution in [0.3, 0.4) is 0 Å². The van der Waals surface area contributed by atoms with Gasteiger partial charge in [0.15, 0.2) is 0 Å². The molecule has 3 aromatic rings. The molecule has 1 saturated heterocycles. The fourth-order valence-electron chi connectivity index (χ4n) is 3.37. The second kappa shape index (κ2) is 7.27. The molecule has 2 heterocycles. The van der Waals surface area contributed by atoms with Gasteiger partial charge in [-0.05, 0) is 35.4 Å². The third-order valence-electron chi connectivity index (χ3n) is 4.87. The Hall–Kier alpha value is -2.70. The van der Waals surface area contributed by atoms with Crippen LogP contribution in [0.25, 0.3) is 22.2 Å². The molecule has 6 heteroatoms. The highest BCUT2D eigenvalue weighted by Gasteiger charge is 2.18. The summed E-state index contributed by atoms with van der Waals surface area (Å²) in [4.78, 5) is 14.1. The highest BCUT2D eigenvalue weighted by atomic mass is 16.3. The molecular weight excluding hydrogens is 326 g/mol. The van der Waals surface area contributed by atoms with Gasteiger partial charge in [0.2, 0.25) is 0 Å². The number of fused-ring (bicyclic) bond motifs is 1. The number of hydrogen-bond donors (Lipinski definition) is 2. The highest BCUT2D eigenvalue weighted by Crippen LogP contribution is 2.25. The first-order valence-electron chi connectivity index (χ1n) is 8.96. The summed E-state index contributed by atoms with van der Waals surface area (Å²) in [7, 11) is 0. The number of rotatable bonds is 4. The zero-order chi connectivity index (χ0) is 17.9. The summed E-state index contributed by atoms with van der Waals surface area (Å²) in [6.45, 7) is 5.55. The molecule has 1 aliphatic rings. The van der Waals surface area contributed by atoms with Gasteiger partial charge in [-0.1, -0.05) is 18.2 Å². The summed E-state index contributed by atoms with van der Waals surface area (Å²) in [5.41, 5.74) is 9.53. The standard InChI is InChI=1S/C20H23N5O/c21-7-8-24-9-11-25(12-10-24)20-14-22-18-6-3-16(13-19(18)23-20)15-1-4-17(26)5-2-15/h1-6,13-14,26H,7-12,21H2. The summed E-state index contributed by atoms with van der Waals surface area (Å²) in [5, 5.41) is 9.47. The zero-order valence-electron chi connectivity index (χ0n) is 14.7. The molecule has 2 aromatic carbocycles. The smallest absolute Gasteiger partial charge is 0.147 e. The van der Waals surface area contributed by atoms with Crippen molar-refractivity contribution in [2.45, 2.75) is 0 Å². The summed E-state index contributed by atoms with van der Waals surface area (Å²) >= 11 is 0. The second-order valence-corrected chi connectivity index (χ2v) is 6.60. The van der Waals surface area contributed by atoms with E-state index in [1.54, 1.807) is 12.1 Å². The number of nitrogens with zero attached hydrogens (tertiary/aromatic N) is 4. The van der Waals surface area contributed by atoms with Crippen LogP contribution < -0.4 is 10.6 Å². The normalized spacial score (nSPS) is 15.5. The zero-order valence-corrected chi connectivity index (χ0v) is 14.7. The van der Waals surface area contributed by atoms with Crippen molar-refractivity contribution >= 4 is 16.9 Å². The molecule has 0 saturated carbocycles. The van der Waals surface area contributed by atoms with Crippen molar-refractivity contribution < 1.29 is 5.11 Å². The van der Waals surface area contributed by atoms with Gasteiger partial charge in [-0.15, -0.1) is 0 Å². The van der Waals surface area contributed by atoms with E-state index >= 15 is 0 Å². The number of aromatic nitrogens is 2. The third-order valence-corrected chi connectivity index (χ3v) is 4.87. The first-order valence-corrected chi connectivity index (χ1v) is 8.96. The van der Waals surface area contributed by atoms with Crippen LogP contribution in [0.5, 0.6) is 5.75 Å². The maximum atomic E-state index is 9.47. The first-order chi connectivity index (χ1) is 12.7. The van der Waals surface area contributed by atoms with E-state index in [4.69, 9.17) is 10.7 Å². The van der Waals surface area contributed by atoms with Gasteiger partial charge in [0.05, 0.1) is 17.2 Å². The van der Waals surface area contributed by atoms with Crippen molar-refractivity contribution in [2.24, 2.45) is 5.73 Å². The second-order valence-electron chi connectivity index (χ2n) is 6.60. The molecule has 1 aromatic heterocycles. The van der Waals surface area contributed by atoms with Crippen LogP contribution in [-0.4, -0.2) is 59.2 Å². The minimum Gasteiger partial charge on any atom is -0.508 e. The number of nitrogens with two attached hydrogens (primary N) is 1. The van der Waals surface area contributed by atoms with Crippen LogP contribution in [0, 0.1) is 0 Å². The largest absolute Gasteiger partial charge is 0.508 e. The van der Waals surface area contributed by atoms with Gasteiger partial charge < -0.3 is 15.7 Å². The molecule has 1 fully saturated rings. The molecule has 1 aliphatic heterocycles. The van der Waals surface area contributed by atoms with Gasteiger partial charge in [-0.25, -0.2) is 4.98 Å². The highest BCUT2D eigenvalue weighted by molar-refractivity contribution is 5.82. The maximum Gasteiger partial charge on any atom is 0.147 e. The van der Waals surface area contributed by atoms with Crippen LogP contribution in [0.4, 0.5) is 5.82 Å². The van der Waals surface area contributed by atoms with E-state index < -0.39 is 0 Å². The summed E-state index contributed by atoms with van der Waals surface area (Å²) in [5.74, 6) is 1.19. The van der Waals surface area contributed by atoms with Crippen molar-refractivity contribution in [1.82, 2.24) is 14.9 Å². The van der Waals surface area contributed by atoms with E-state index in [-0.39, 0.29) is 5.75 Å². The Morgan fingerprint density at radius 2 is 1.65 bits per heavy atom. The van der Waals surface area contributed by atoms with E-state index in [2.05, 4.69) is 20.9 Å². The molecule has 0 bridgehead atoms. The number of aromatic hydroxyl groups is 1. The number of phenols is 1. The van der Waals surface area contributed by atoms with Crippen molar-refractivity contribution in [2.75, 3.05) is 44.2 Å². The Bertz CT molecular complexity index is 888. The molecule has 0 atom stereocenters. The molecule has 0 radical (unpaired) electrons. The van der Waals surface area contributed by atoms with E-state index in [1.165, 1.54) is 0 Å². The Balaban J connectivity index is 1.59.